The third-order valence-corrected chi connectivity index (χ3v) is 4.92. The molecule has 0 saturated carbocycles. The van der Waals surface area contributed by atoms with Crippen molar-refractivity contribution in [2.45, 2.75) is 45.3 Å². The molecule has 0 aromatic heterocycles. The first-order chi connectivity index (χ1) is 9.26. The van der Waals surface area contributed by atoms with Crippen LogP contribution in [0.5, 0.6) is 0 Å². The fourth-order valence-electron chi connectivity index (χ4n) is 1.73. The van der Waals surface area contributed by atoms with Crippen molar-refractivity contribution in [1.82, 2.24) is 0 Å². The van der Waals surface area contributed by atoms with E-state index in [9.17, 15) is 13.2 Å². The van der Waals surface area contributed by atoms with Gasteiger partial charge in [0, 0.05) is 5.56 Å². The maximum atomic E-state index is 11.9. The number of rotatable bonds is 4. The van der Waals surface area contributed by atoms with Gasteiger partial charge in [0.1, 0.15) is 11.5 Å². The van der Waals surface area contributed by atoms with Crippen LogP contribution in [0, 0.1) is 5.41 Å². The van der Waals surface area contributed by atoms with Gasteiger partial charge in [0.05, 0.1) is 12.0 Å². The Hall–Kier alpha value is -1.40. The Labute approximate surface area is 119 Å². The molecule has 2 rings (SSSR count). The van der Waals surface area contributed by atoms with Crippen molar-refractivity contribution in [2.24, 2.45) is 5.41 Å². The van der Waals surface area contributed by atoms with Gasteiger partial charge in [-0.2, -0.15) is 8.42 Å². The zero-order valence-electron chi connectivity index (χ0n) is 11.8. The van der Waals surface area contributed by atoms with Gasteiger partial charge in [-0.05, 0) is 31.9 Å². The molecule has 0 fully saturated rings. The Morgan fingerprint density at radius 1 is 1.40 bits per heavy atom. The fourth-order valence-corrected chi connectivity index (χ4v) is 2.89. The van der Waals surface area contributed by atoms with E-state index in [1.54, 1.807) is 12.1 Å². The molecule has 1 aliphatic heterocycles. The standard InChI is InChI=1S/C14H18O5S/c1-4-14(2,3)13(15)18-8-10-5-6-11-9-19-20(16,17)12(11)7-10/h5-7H,4,8-9H2,1-3H3. The second kappa shape index (κ2) is 5.18. The van der Waals surface area contributed by atoms with Crippen molar-refractivity contribution in [2.75, 3.05) is 0 Å². The minimum atomic E-state index is -3.64. The summed E-state index contributed by atoms with van der Waals surface area (Å²) >= 11 is 0. The molecule has 1 aromatic rings. The lowest BCUT2D eigenvalue weighted by molar-refractivity contribution is -0.155. The number of carbonyl (C=O) groups excluding carboxylic acids is 1. The van der Waals surface area contributed by atoms with E-state index >= 15 is 0 Å². The molecular formula is C14H18O5S. The predicted octanol–water partition coefficient (Wildman–Crippen LogP) is 2.38. The third kappa shape index (κ3) is 2.86. The van der Waals surface area contributed by atoms with E-state index in [2.05, 4.69) is 0 Å². The van der Waals surface area contributed by atoms with Crippen LogP contribution in [0.25, 0.3) is 0 Å². The molecule has 1 heterocycles. The normalized spacial score (nSPS) is 16.8. The average molecular weight is 298 g/mol. The molecule has 1 aliphatic rings. The van der Waals surface area contributed by atoms with Gasteiger partial charge in [-0.1, -0.05) is 19.1 Å². The highest BCUT2D eigenvalue weighted by Crippen LogP contribution is 2.28. The summed E-state index contributed by atoms with van der Waals surface area (Å²) < 4.78 is 33.2. The summed E-state index contributed by atoms with van der Waals surface area (Å²) in [5.41, 5.74) is 0.735. The van der Waals surface area contributed by atoms with Crippen molar-refractivity contribution in [1.29, 1.82) is 0 Å². The van der Waals surface area contributed by atoms with E-state index in [-0.39, 0.29) is 24.1 Å². The van der Waals surface area contributed by atoms with Crippen LogP contribution in [0.4, 0.5) is 0 Å². The summed E-state index contributed by atoms with van der Waals surface area (Å²) in [5, 5.41) is 0. The van der Waals surface area contributed by atoms with Crippen molar-refractivity contribution in [3.8, 4) is 0 Å². The van der Waals surface area contributed by atoms with Gasteiger partial charge in [-0.25, -0.2) is 0 Å². The van der Waals surface area contributed by atoms with Gasteiger partial charge in [-0.3, -0.25) is 8.98 Å². The number of hydrogen-bond acceptors (Lipinski definition) is 5. The number of carbonyl (C=O) groups is 1. The SMILES string of the molecule is CCC(C)(C)C(=O)OCc1ccc2c(c1)S(=O)(=O)OC2. The molecule has 110 valence electrons. The lowest BCUT2D eigenvalue weighted by Crippen LogP contribution is -2.25. The Balaban J connectivity index is 2.11. The lowest BCUT2D eigenvalue weighted by Gasteiger charge is -2.20. The maximum absolute atomic E-state index is 11.9. The molecule has 0 bridgehead atoms. The maximum Gasteiger partial charge on any atom is 0.311 e. The number of esters is 1. The van der Waals surface area contributed by atoms with Gasteiger partial charge in [0.2, 0.25) is 0 Å². The summed E-state index contributed by atoms with van der Waals surface area (Å²) in [7, 11) is -3.64. The largest absolute Gasteiger partial charge is 0.460 e. The van der Waals surface area contributed by atoms with Crippen LogP contribution in [0.15, 0.2) is 23.1 Å². The zero-order chi connectivity index (χ0) is 15.0. The van der Waals surface area contributed by atoms with Gasteiger partial charge in [0.15, 0.2) is 0 Å². The molecule has 0 spiro atoms. The van der Waals surface area contributed by atoms with E-state index in [1.165, 1.54) is 6.07 Å². The van der Waals surface area contributed by atoms with E-state index in [1.807, 2.05) is 20.8 Å². The monoisotopic (exact) mass is 298 g/mol. The summed E-state index contributed by atoms with van der Waals surface area (Å²) in [4.78, 5) is 12.0. The van der Waals surface area contributed by atoms with Crippen LogP contribution in [-0.2, 0) is 37.0 Å². The molecule has 5 nitrogen and oxygen atoms in total. The summed E-state index contributed by atoms with van der Waals surface area (Å²) in [6.07, 6.45) is 0.679. The van der Waals surface area contributed by atoms with Crippen LogP contribution in [0.1, 0.15) is 38.3 Å². The average Bonchev–Trinajstić information content (AvgIpc) is 2.71. The second-order valence-electron chi connectivity index (χ2n) is 5.47. The van der Waals surface area contributed by atoms with Crippen LogP contribution in [0.2, 0.25) is 0 Å². The van der Waals surface area contributed by atoms with Gasteiger partial charge in [-0.15, -0.1) is 0 Å². The first-order valence-electron chi connectivity index (χ1n) is 6.45. The molecule has 0 atom stereocenters. The van der Waals surface area contributed by atoms with Crippen molar-refractivity contribution in [3.05, 3.63) is 29.3 Å². The molecule has 0 saturated heterocycles. The van der Waals surface area contributed by atoms with Gasteiger partial charge >= 0.3 is 5.97 Å². The highest BCUT2D eigenvalue weighted by atomic mass is 32.2. The highest BCUT2D eigenvalue weighted by Gasteiger charge is 2.29. The van der Waals surface area contributed by atoms with Gasteiger partial charge in [0.25, 0.3) is 10.1 Å². The summed E-state index contributed by atoms with van der Waals surface area (Å²) in [5.74, 6) is -0.292. The predicted molar refractivity (Wildman–Crippen MR) is 72.3 cm³/mol. The second-order valence-corrected chi connectivity index (χ2v) is 7.06. The number of fused-ring (bicyclic) bond motifs is 1. The third-order valence-electron chi connectivity index (χ3n) is 3.58. The number of benzene rings is 1. The van der Waals surface area contributed by atoms with Crippen LogP contribution in [-0.4, -0.2) is 14.4 Å². The minimum absolute atomic E-state index is 0.0606. The molecule has 20 heavy (non-hydrogen) atoms. The van der Waals surface area contributed by atoms with Crippen LogP contribution < -0.4 is 0 Å². The van der Waals surface area contributed by atoms with E-state index in [0.717, 1.165) is 0 Å². The molecule has 0 radical (unpaired) electrons. The van der Waals surface area contributed by atoms with E-state index in [0.29, 0.717) is 17.5 Å². The molecule has 0 unspecified atom stereocenters. The molecule has 6 heteroatoms. The Morgan fingerprint density at radius 2 is 2.10 bits per heavy atom. The molecule has 0 amide bonds. The Morgan fingerprint density at radius 3 is 2.75 bits per heavy atom. The Bertz CT molecular complexity index is 631. The van der Waals surface area contributed by atoms with Crippen LogP contribution >= 0.6 is 0 Å². The first-order valence-corrected chi connectivity index (χ1v) is 7.85. The smallest absolute Gasteiger partial charge is 0.311 e. The lowest BCUT2D eigenvalue weighted by atomic mass is 9.91. The molecule has 0 N–H and O–H groups in total. The van der Waals surface area contributed by atoms with Gasteiger partial charge < -0.3 is 4.74 Å². The first kappa shape index (κ1) is 15.0. The molecule has 1 aromatic carbocycles. The minimum Gasteiger partial charge on any atom is -0.460 e. The van der Waals surface area contributed by atoms with E-state index in [4.69, 9.17) is 8.92 Å². The Kier molecular flexibility index (Phi) is 3.88. The molecule has 0 aliphatic carbocycles. The van der Waals surface area contributed by atoms with Crippen molar-refractivity contribution >= 4 is 16.1 Å². The highest BCUT2D eigenvalue weighted by molar-refractivity contribution is 7.87. The fraction of sp³-hybridized carbons (Fsp3) is 0.500. The summed E-state index contributed by atoms with van der Waals surface area (Å²) in [6.45, 7) is 5.68. The van der Waals surface area contributed by atoms with Crippen molar-refractivity contribution < 1.29 is 22.1 Å². The molecular weight excluding hydrogens is 280 g/mol. The topological polar surface area (TPSA) is 69.7 Å². The van der Waals surface area contributed by atoms with Crippen LogP contribution in [0.3, 0.4) is 0 Å². The number of hydrogen-bond donors (Lipinski definition) is 0. The number of ether oxygens (including phenoxy) is 1. The zero-order valence-corrected chi connectivity index (χ0v) is 12.6. The van der Waals surface area contributed by atoms with E-state index < -0.39 is 15.5 Å². The van der Waals surface area contributed by atoms with Crippen molar-refractivity contribution in [3.63, 3.8) is 0 Å². The quantitative estimate of drug-likeness (QED) is 0.630. The summed E-state index contributed by atoms with van der Waals surface area (Å²) in [6, 6.07) is 4.94.